The number of hydrogen-bond acceptors (Lipinski definition) is 7. The summed E-state index contributed by atoms with van der Waals surface area (Å²) < 4.78 is 67.8. The van der Waals surface area contributed by atoms with Crippen molar-refractivity contribution in [2.75, 3.05) is 33.9 Å². The summed E-state index contributed by atoms with van der Waals surface area (Å²) in [5.41, 5.74) is 0.624. The second-order valence-corrected chi connectivity index (χ2v) is 13.8. The molecule has 0 unspecified atom stereocenters. The highest BCUT2D eigenvalue weighted by Gasteiger charge is 2.39. The number of sulfonamides is 2. The van der Waals surface area contributed by atoms with Gasteiger partial charge in [-0.15, -0.1) is 0 Å². The first kappa shape index (κ1) is 28.4. The summed E-state index contributed by atoms with van der Waals surface area (Å²) in [5.74, 6) is 6.89. The van der Waals surface area contributed by atoms with Gasteiger partial charge in [0.15, 0.2) is 0 Å². The molecule has 3 atom stereocenters. The fraction of sp³-hybridized carbons (Fsp3) is 0.481. The van der Waals surface area contributed by atoms with E-state index in [0.29, 0.717) is 17.2 Å². The quantitative estimate of drug-likeness (QED) is 0.516. The van der Waals surface area contributed by atoms with E-state index in [9.17, 15) is 21.9 Å². The van der Waals surface area contributed by atoms with E-state index < -0.39 is 38.1 Å². The van der Waals surface area contributed by atoms with Crippen molar-refractivity contribution in [1.82, 2.24) is 8.61 Å². The Hall–Kier alpha value is -2.62. The van der Waals surface area contributed by atoms with Crippen molar-refractivity contribution in [3.8, 4) is 23.3 Å². The summed E-state index contributed by atoms with van der Waals surface area (Å²) in [5, 5.41) is 9.82. The molecule has 1 N–H and O–H groups in total. The molecule has 1 aliphatic heterocycles. The Balaban J connectivity index is 1.70. The number of hydrogen-bond donors (Lipinski definition) is 1. The number of rotatable bonds is 7. The van der Waals surface area contributed by atoms with Crippen LogP contribution in [0.5, 0.6) is 11.5 Å². The van der Waals surface area contributed by atoms with Gasteiger partial charge in [0, 0.05) is 37.0 Å². The summed E-state index contributed by atoms with van der Waals surface area (Å²) in [6, 6.07) is 10.2. The third-order valence-electron chi connectivity index (χ3n) is 6.87. The van der Waals surface area contributed by atoms with Crippen molar-refractivity contribution in [1.29, 1.82) is 0 Å². The number of ether oxygens (including phenoxy) is 2. The zero-order valence-electron chi connectivity index (χ0n) is 22.0. The molecule has 0 spiro atoms. The second-order valence-electron chi connectivity index (χ2n) is 9.91. The molecule has 11 heteroatoms. The molecule has 0 amide bonds. The van der Waals surface area contributed by atoms with Gasteiger partial charge in [0.1, 0.15) is 22.5 Å². The van der Waals surface area contributed by atoms with Gasteiger partial charge in [-0.25, -0.2) is 16.8 Å². The fourth-order valence-electron chi connectivity index (χ4n) is 4.21. The van der Waals surface area contributed by atoms with Crippen molar-refractivity contribution >= 4 is 20.0 Å². The molecule has 1 aliphatic carbocycles. The van der Waals surface area contributed by atoms with Gasteiger partial charge in [-0.3, -0.25) is 0 Å². The second kappa shape index (κ2) is 11.2. The normalized spacial score (nSPS) is 22.3. The van der Waals surface area contributed by atoms with E-state index in [1.54, 1.807) is 31.2 Å². The van der Waals surface area contributed by atoms with Crippen LogP contribution in [0.15, 0.2) is 52.3 Å². The van der Waals surface area contributed by atoms with Crippen LogP contribution in [-0.4, -0.2) is 76.6 Å². The van der Waals surface area contributed by atoms with E-state index in [4.69, 9.17) is 9.47 Å². The Morgan fingerprint density at radius 2 is 1.89 bits per heavy atom. The van der Waals surface area contributed by atoms with Crippen LogP contribution in [0, 0.1) is 23.7 Å². The number of methoxy groups -OCH3 is 1. The molecule has 0 bridgehead atoms. The number of likely N-dealkylation sites (N-methyl/N-ethyl adjacent to an activating group) is 1. The number of aliphatic hydroxyl groups excluding tert-OH is 1. The molecule has 1 saturated carbocycles. The Labute approximate surface area is 225 Å². The van der Waals surface area contributed by atoms with E-state index in [1.165, 1.54) is 41.0 Å². The maximum absolute atomic E-state index is 13.6. The topological polar surface area (TPSA) is 113 Å². The maximum atomic E-state index is 13.6. The van der Waals surface area contributed by atoms with Crippen LogP contribution < -0.4 is 9.47 Å². The minimum Gasteiger partial charge on any atom is -0.497 e. The van der Waals surface area contributed by atoms with Gasteiger partial charge in [0.05, 0.1) is 25.2 Å². The van der Waals surface area contributed by atoms with Crippen molar-refractivity contribution in [3.63, 3.8) is 0 Å². The predicted octanol–water partition coefficient (Wildman–Crippen LogP) is 2.55. The van der Waals surface area contributed by atoms with Crippen LogP contribution in [0.3, 0.4) is 0 Å². The van der Waals surface area contributed by atoms with E-state index in [1.807, 2.05) is 6.92 Å². The van der Waals surface area contributed by atoms with Crippen LogP contribution in [0.25, 0.3) is 0 Å². The molecular formula is C27H34N2O7S2. The van der Waals surface area contributed by atoms with Gasteiger partial charge in [-0.2, -0.15) is 8.61 Å². The Kier molecular flexibility index (Phi) is 8.40. The molecule has 38 heavy (non-hydrogen) atoms. The first-order valence-electron chi connectivity index (χ1n) is 12.5. The zero-order chi connectivity index (χ0) is 27.7. The molecule has 206 valence electrons. The SMILES string of the molecule is COc1ccc(S(=O)(=O)N(C)C[C@@H]2Oc3cc(C#CC4CC4)ccc3S(=O)(=O)N([C@@H](C)CO)C[C@H]2C)cc1. The number of aliphatic hydroxyl groups is 1. The molecule has 0 aromatic heterocycles. The Morgan fingerprint density at radius 1 is 1.21 bits per heavy atom. The van der Waals surface area contributed by atoms with Crippen LogP contribution in [0.2, 0.25) is 0 Å². The van der Waals surface area contributed by atoms with Gasteiger partial charge >= 0.3 is 0 Å². The number of fused-ring (bicyclic) bond motifs is 1. The van der Waals surface area contributed by atoms with Crippen molar-refractivity contribution in [2.45, 2.75) is 48.6 Å². The van der Waals surface area contributed by atoms with Crippen molar-refractivity contribution in [3.05, 3.63) is 48.0 Å². The van der Waals surface area contributed by atoms with Gasteiger partial charge in [0.2, 0.25) is 20.0 Å². The monoisotopic (exact) mass is 562 g/mol. The molecular weight excluding hydrogens is 528 g/mol. The first-order valence-corrected chi connectivity index (χ1v) is 15.4. The van der Waals surface area contributed by atoms with Crippen molar-refractivity contribution < 1.29 is 31.4 Å². The highest BCUT2D eigenvalue weighted by atomic mass is 32.2. The van der Waals surface area contributed by atoms with E-state index >= 15 is 0 Å². The summed E-state index contributed by atoms with van der Waals surface area (Å²) >= 11 is 0. The molecule has 2 aliphatic rings. The summed E-state index contributed by atoms with van der Waals surface area (Å²) in [4.78, 5) is 0.0720. The minimum atomic E-state index is -4.00. The molecule has 1 fully saturated rings. The zero-order valence-corrected chi connectivity index (χ0v) is 23.6. The maximum Gasteiger partial charge on any atom is 0.247 e. The van der Waals surface area contributed by atoms with E-state index in [0.717, 1.165) is 12.8 Å². The highest BCUT2D eigenvalue weighted by molar-refractivity contribution is 7.89. The first-order chi connectivity index (χ1) is 18.0. The lowest BCUT2D eigenvalue weighted by Crippen LogP contribution is -2.50. The third kappa shape index (κ3) is 6.00. The average Bonchev–Trinajstić information content (AvgIpc) is 3.73. The van der Waals surface area contributed by atoms with Gasteiger partial charge in [0.25, 0.3) is 0 Å². The largest absolute Gasteiger partial charge is 0.497 e. The summed E-state index contributed by atoms with van der Waals surface area (Å²) in [6.45, 7) is 3.12. The van der Waals surface area contributed by atoms with Crippen LogP contribution in [-0.2, 0) is 20.0 Å². The van der Waals surface area contributed by atoms with E-state index in [-0.39, 0.29) is 35.2 Å². The summed E-state index contributed by atoms with van der Waals surface area (Å²) in [6.07, 6.45) is 1.44. The molecule has 1 heterocycles. The highest BCUT2D eigenvalue weighted by Crippen LogP contribution is 2.35. The third-order valence-corrected chi connectivity index (χ3v) is 10.7. The molecule has 0 radical (unpaired) electrons. The smallest absolute Gasteiger partial charge is 0.247 e. The Morgan fingerprint density at radius 3 is 2.50 bits per heavy atom. The van der Waals surface area contributed by atoms with Gasteiger partial charge in [-0.05, 0) is 62.2 Å². The Bertz CT molecular complexity index is 1430. The molecule has 9 nitrogen and oxygen atoms in total. The molecule has 2 aromatic rings. The van der Waals surface area contributed by atoms with Gasteiger partial charge in [-0.1, -0.05) is 18.8 Å². The van der Waals surface area contributed by atoms with Crippen LogP contribution >= 0.6 is 0 Å². The van der Waals surface area contributed by atoms with Crippen LogP contribution in [0.1, 0.15) is 32.3 Å². The predicted molar refractivity (Wildman–Crippen MR) is 143 cm³/mol. The molecule has 2 aromatic carbocycles. The minimum absolute atomic E-state index is 0.0195. The standard InChI is InChI=1S/C27H34N2O7S2/c1-19-16-29(20(2)18-30)38(33,34)27-14-9-22(8-7-21-5-6-21)15-25(27)36-26(19)17-28(3)37(31,32)24-12-10-23(35-4)11-13-24/h9-15,19-21,26,30H,5-6,16-18H2,1-4H3/t19-,20+,26+/m1/s1. The number of benzene rings is 2. The summed E-state index contributed by atoms with van der Waals surface area (Å²) in [7, 11) is -4.88. The molecule has 4 rings (SSSR count). The lowest BCUT2D eigenvalue weighted by molar-refractivity contribution is 0.0904. The van der Waals surface area contributed by atoms with Gasteiger partial charge < -0.3 is 14.6 Å². The van der Waals surface area contributed by atoms with Crippen LogP contribution in [0.4, 0.5) is 0 Å². The van der Waals surface area contributed by atoms with E-state index in [2.05, 4.69) is 11.8 Å². The van der Waals surface area contributed by atoms with Crippen molar-refractivity contribution in [2.24, 2.45) is 11.8 Å². The fourth-order valence-corrected chi connectivity index (χ4v) is 7.22. The average molecular weight is 563 g/mol. The molecule has 0 saturated heterocycles. The number of nitrogens with zero attached hydrogens (tertiary/aromatic N) is 2. The lowest BCUT2D eigenvalue weighted by Gasteiger charge is -2.37. The lowest BCUT2D eigenvalue weighted by atomic mass is 10.0.